The lowest BCUT2D eigenvalue weighted by Gasteiger charge is -2.10. The highest BCUT2D eigenvalue weighted by Gasteiger charge is 2.13. The fraction of sp³-hybridized carbons (Fsp3) is 0.412. The Morgan fingerprint density at radius 3 is 2.79 bits per heavy atom. The monoisotopic (exact) mass is 330 g/mol. The standard InChI is InChI=1S/C17H22N4O3/c1-4-18-17(20-9-16-21-11(2)12(3)24-16)19-8-13-5-6-14-15(7-13)23-10-22-14/h5-7H,4,8-10H2,1-3H3,(H2,18,19,20). The Hall–Kier alpha value is -2.70. The summed E-state index contributed by atoms with van der Waals surface area (Å²) in [7, 11) is 0. The number of nitrogens with one attached hydrogen (secondary N) is 2. The van der Waals surface area contributed by atoms with Crippen LogP contribution in [0, 0.1) is 13.8 Å². The van der Waals surface area contributed by atoms with E-state index in [0.29, 0.717) is 24.9 Å². The van der Waals surface area contributed by atoms with Gasteiger partial charge in [-0.15, -0.1) is 0 Å². The first-order valence-electron chi connectivity index (χ1n) is 7.99. The maximum Gasteiger partial charge on any atom is 0.231 e. The molecule has 0 spiro atoms. The summed E-state index contributed by atoms with van der Waals surface area (Å²) >= 11 is 0. The van der Waals surface area contributed by atoms with Crippen molar-refractivity contribution in [1.82, 2.24) is 15.6 Å². The second-order valence-corrected chi connectivity index (χ2v) is 5.49. The highest BCUT2D eigenvalue weighted by molar-refractivity contribution is 5.79. The summed E-state index contributed by atoms with van der Waals surface area (Å²) < 4.78 is 16.3. The van der Waals surface area contributed by atoms with Crippen molar-refractivity contribution in [2.24, 2.45) is 4.99 Å². The second kappa shape index (κ2) is 7.25. The van der Waals surface area contributed by atoms with Crippen LogP contribution in [0.4, 0.5) is 0 Å². The zero-order chi connectivity index (χ0) is 16.9. The molecule has 0 unspecified atom stereocenters. The molecule has 0 atom stereocenters. The number of benzene rings is 1. The van der Waals surface area contributed by atoms with Crippen LogP contribution in [0.5, 0.6) is 11.5 Å². The molecule has 24 heavy (non-hydrogen) atoms. The molecule has 1 aromatic heterocycles. The highest BCUT2D eigenvalue weighted by atomic mass is 16.7. The number of ether oxygens (including phenoxy) is 2. The van der Waals surface area contributed by atoms with Crippen LogP contribution in [0.3, 0.4) is 0 Å². The van der Waals surface area contributed by atoms with Gasteiger partial charge in [0, 0.05) is 6.54 Å². The van der Waals surface area contributed by atoms with Crippen molar-refractivity contribution in [1.29, 1.82) is 0 Å². The van der Waals surface area contributed by atoms with Gasteiger partial charge in [-0.3, -0.25) is 0 Å². The zero-order valence-corrected chi connectivity index (χ0v) is 14.2. The van der Waals surface area contributed by atoms with Gasteiger partial charge in [0.2, 0.25) is 12.7 Å². The minimum Gasteiger partial charge on any atom is -0.454 e. The van der Waals surface area contributed by atoms with Gasteiger partial charge in [-0.25, -0.2) is 9.98 Å². The molecule has 2 N–H and O–H groups in total. The Balaban J connectivity index is 1.62. The smallest absolute Gasteiger partial charge is 0.231 e. The third-order valence-electron chi connectivity index (χ3n) is 3.68. The van der Waals surface area contributed by atoms with Crippen molar-refractivity contribution >= 4 is 5.96 Å². The summed E-state index contributed by atoms with van der Waals surface area (Å²) in [6.45, 7) is 7.94. The summed E-state index contributed by atoms with van der Waals surface area (Å²) in [6.07, 6.45) is 0. The maximum atomic E-state index is 5.57. The molecule has 7 heteroatoms. The van der Waals surface area contributed by atoms with Gasteiger partial charge in [0.05, 0.1) is 18.8 Å². The molecule has 1 aromatic carbocycles. The molecule has 0 radical (unpaired) electrons. The molecule has 0 bridgehead atoms. The molecular formula is C17H22N4O3. The van der Waals surface area contributed by atoms with Crippen LogP contribution in [-0.2, 0) is 13.1 Å². The Morgan fingerprint density at radius 2 is 2.04 bits per heavy atom. The number of aromatic nitrogens is 1. The van der Waals surface area contributed by atoms with Gasteiger partial charge in [0.15, 0.2) is 17.5 Å². The molecule has 0 aliphatic carbocycles. The molecule has 2 aromatic rings. The van der Waals surface area contributed by atoms with E-state index in [-0.39, 0.29) is 6.79 Å². The van der Waals surface area contributed by atoms with Gasteiger partial charge in [0.1, 0.15) is 5.76 Å². The summed E-state index contributed by atoms with van der Waals surface area (Å²) in [6, 6.07) is 5.85. The van der Waals surface area contributed by atoms with E-state index >= 15 is 0 Å². The van der Waals surface area contributed by atoms with E-state index in [1.807, 2.05) is 39.0 Å². The molecule has 0 saturated heterocycles. The SMILES string of the molecule is CCNC(=NCc1ccc2c(c1)OCO2)NCc1nc(C)c(C)o1. The number of aryl methyl sites for hydroxylation is 2. The van der Waals surface area contributed by atoms with E-state index in [2.05, 4.69) is 20.6 Å². The fourth-order valence-corrected chi connectivity index (χ4v) is 2.33. The molecule has 1 aliphatic rings. The molecule has 3 rings (SSSR count). The lowest BCUT2D eigenvalue weighted by atomic mass is 10.2. The minimum atomic E-state index is 0.279. The lowest BCUT2D eigenvalue weighted by molar-refractivity contribution is 0.174. The van der Waals surface area contributed by atoms with Gasteiger partial charge in [-0.2, -0.15) is 0 Å². The quantitative estimate of drug-likeness (QED) is 0.647. The number of oxazole rings is 1. The van der Waals surface area contributed by atoms with E-state index in [0.717, 1.165) is 35.1 Å². The van der Waals surface area contributed by atoms with Crippen molar-refractivity contribution in [3.05, 3.63) is 41.1 Å². The number of nitrogens with zero attached hydrogens (tertiary/aromatic N) is 2. The van der Waals surface area contributed by atoms with Crippen LogP contribution in [0.1, 0.15) is 29.8 Å². The maximum absolute atomic E-state index is 5.57. The zero-order valence-electron chi connectivity index (χ0n) is 14.2. The summed E-state index contributed by atoms with van der Waals surface area (Å²) in [5.74, 6) is 3.75. The topological polar surface area (TPSA) is 80.9 Å². The third-order valence-corrected chi connectivity index (χ3v) is 3.68. The van der Waals surface area contributed by atoms with Gasteiger partial charge >= 0.3 is 0 Å². The number of guanidine groups is 1. The molecule has 128 valence electrons. The number of aliphatic imine (C=N–C) groups is 1. The Kier molecular flexibility index (Phi) is 4.88. The summed E-state index contributed by atoms with van der Waals surface area (Å²) in [5.41, 5.74) is 1.97. The molecule has 1 aliphatic heterocycles. The largest absolute Gasteiger partial charge is 0.454 e. The first-order valence-corrected chi connectivity index (χ1v) is 7.99. The van der Waals surface area contributed by atoms with Gasteiger partial charge in [-0.1, -0.05) is 6.07 Å². The van der Waals surface area contributed by atoms with Crippen molar-refractivity contribution < 1.29 is 13.9 Å². The van der Waals surface area contributed by atoms with E-state index < -0.39 is 0 Å². The predicted molar refractivity (Wildman–Crippen MR) is 90.2 cm³/mol. The first-order chi connectivity index (χ1) is 11.7. The van der Waals surface area contributed by atoms with Crippen LogP contribution in [0.2, 0.25) is 0 Å². The molecule has 0 amide bonds. The average molecular weight is 330 g/mol. The van der Waals surface area contributed by atoms with Gasteiger partial charge < -0.3 is 24.5 Å². The average Bonchev–Trinajstić information content (AvgIpc) is 3.16. The van der Waals surface area contributed by atoms with Gasteiger partial charge in [-0.05, 0) is 38.5 Å². The van der Waals surface area contributed by atoms with E-state index in [1.165, 1.54) is 0 Å². The summed E-state index contributed by atoms with van der Waals surface area (Å²) in [4.78, 5) is 8.94. The molecule has 2 heterocycles. The van der Waals surface area contributed by atoms with Crippen molar-refractivity contribution in [2.75, 3.05) is 13.3 Å². The van der Waals surface area contributed by atoms with E-state index in [4.69, 9.17) is 13.9 Å². The highest BCUT2D eigenvalue weighted by Crippen LogP contribution is 2.32. The Bertz CT molecular complexity index is 720. The van der Waals surface area contributed by atoms with Crippen molar-refractivity contribution in [3.63, 3.8) is 0 Å². The normalized spacial score (nSPS) is 13.2. The van der Waals surface area contributed by atoms with Crippen LogP contribution >= 0.6 is 0 Å². The van der Waals surface area contributed by atoms with Crippen LogP contribution in [0.15, 0.2) is 27.6 Å². The predicted octanol–water partition coefficient (Wildman–Crippen LogP) is 2.28. The third kappa shape index (κ3) is 3.79. The van der Waals surface area contributed by atoms with E-state index in [1.54, 1.807) is 0 Å². The molecule has 7 nitrogen and oxygen atoms in total. The molecular weight excluding hydrogens is 308 g/mol. The Morgan fingerprint density at radius 1 is 1.21 bits per heavy atom. The number of hydrogen-bond acceptors (Lipinski definition) is 5. The summed E-state index contributed by atoms with van der Waals surface area (Å²) in [5, 5.41) is 6.44. The Labute approximate surface area is 141 Å². The number of fused-ring (bicyclic) bond motifs is 1. The fourth-order valence-electron chi connectivity index (χ4n) is 2.33. The second-order valence-electron chi connectivity index (χ2n) is 5.49. The molecule has 0 fully saturated rings. The number of rotatable bonds is 5. The van der Waals surface area contributed by atoms with Crippen LogP contribution in [0.25, 0.3) is 0 Å². The van der Waals surface area contributed by atoms with Crippen molar-refractivity contribution in [3.8, 4) is 11.5 Å². The van der Waals surface area contributed by atoms with Crippen LogP contribution < -0.4 is 20.1 Å². The van der Waals surface area contributed by atoms with Gasteiger partial charge in [0.25, 0.3) is 0 Å². The first kappa shape index (κ1) is 16.2. The lowest BCUT2D eigenvalue weighted by Crippen LogP contribution is -2.36. The molecule has 0 saturated carbocycles. The van der Waals surface area contributed by atoms with Crippen LogP contribution in [-0.4, -0.2) is 24.3 Å². The van der Waals surface area contributed by atoms with E-state index in [9.17, 15) is 0 Å². The van der Waals surface area contributed by atoms with Crippen molar-refractivity contribution in [2.45, 2.75) is 33.9 Å². The number of hydrogen-bond donors (Lipinski definition) is 2. The minimum absolute atomic E-state index is 0.279.